The number of anilines is 1. The van der Waals surface area contributed by atoms with Gasteiger partial charge in [0.1, 0.15) is 17.6 Å². The first-order chi connectivity index (χ1) is 13.1. The normalized spacial score (nSPS) is 14.4. The zero-order chi connectivity index (χ0) is 18.8. The molecule has 0 radical (unpaired) electrons. The number of piperazine rings is 1. The van der Waals surface area contributed by atoms with Gasteiger partial charge in [0, 0.05) is 26.2 Å². The highest BCUT2D eigenvalue weighted by molar-refractivity contribution is 5.92. The van der Waals surface area contributed by atoms with Crippen LogP contribution in [0.25, 0.3) is 5.82 Å². The van der Waals surface area contributed by atoms with E-state index in [0.29, 0.717) is 37.8 Å². The second-order valence-corrected chi connectivity index (χ2v) is 5.76. The van der Waals surface area contributed by atoms with Gasteiger partial charge in [-0.1, -0.05) is 0 Å². The van der Waals surface area contributed by atoms with Gasteiger partial charge in [0.15, 0.2) is 17.4 Å². The largest absolute Gasteiger partial charge is 0.433 e. The average molecular weight is 370 g/mol. The summed E-state index contributed by atoms with van der Waals surface area (Å²) in [4.78, 5) is 29.9. The number of nitrogens with zero attached hydrogens (tertiary/aromatic N) is 8. The first kappa shape index (κ1) is 16.6. The van der Waals surface area contributed by atoms with E-state index in [-0.39, 0.29) is 11.7 Å². The van der Waals surface area contributed by atoms with Gasteiger partial charge in [0.2, 0.25) is 0 Å². The molecule has 0 aromatic carbocycles. The molecule has 3 aromatic rings. The van der Waals surface area contributed by atoms with Gasteiger partial charge in [-0.3, -0.25) is 14.9 Å². The fraction of sp³-hybridized carbons (Fsp3) is 0.267. The number of furan rings is 1. The van der Waals surface area contributed by atoms with E-state index in [1.165, 1.54) is 29.5 Å². The number of carbonyl (C=O) groups excluding carboxylic acids is 1. The van der Waals surface area contributed by atoms with Gasteiger partial charge in [-0.05, 0) is 18.2 Å². The van der Waals surface area contributed by atoms with Gasteiger partial charge in [0.05, 0.1) is 6.07 Å². The molecule has 138 valence electrons. The van der Waals surface area contributed by atoms with Crippen LogP contribution in [-0.2, 0) is 0 Å². The molecular weight excluding hydrogens is 356 g/mol. The Hall–Kier alpha value is -3.83. The van der Waals surface area contributed by atoms with E-state index in [1.807, 2.05) is 11.0 Å². The molecule has 1 fully saturated rings. The van der Waals surface area contributed by atoms with Crippen LogP contribution in [0.4, 0.5) is 11.7 Å². The van der Waals surface area contributed by atoms with Crippen molar-refractivity contribution in [2.75, 3.05) is 31.1 Å². The molecule has 0 spiro atoms. The lowest BCUT2D eigenvalue weighted by atomic mass is 10.3. The van der Waals surface area contributed by atoms with Crippen LogP contribution in [-0.4, -0.2) is 66.9 Å². The van der Waals surface area contributed by atoms with Crippen molar-refractivity contribution in [2.45, 2.75) is 0 Å². The van der Waals surface area contributed by atoms with Crippen molar-refractivity contribution < 1.29 is 14.1 Å². The Morgan fingerprint density at radius 2 is 1.81 bits per heavy atom. The molecule has 4 heterocycles. The minimum absolute atomic E-state index is 0.0351. The maximum Gasteiger partial charge on any atom is 0.433 e. The Kier molecular flexibility index (Phi) is 4.20. The molecule has 3 aromatic heterocycles. The minimum Gasteiger partial charge on any atom is -0.395 e. The standard InChI is InChI=1S/C15H14N8O4/c24-15(11-1-4-14(27-11)23(25)26)21-7-5-20(6-8-21)12-2-3-13(19-18-12)22-10-16-9-17-22/h1-4,9-10H,5-8H2. The highest BCUT2D eigenvalue weighted by atomic mass is 16.6. The van der Waals surface area contributed by atoms with Gasteiger partial charge in [-0.15, -0.1) is 10.2 Å². The first-order valence-electron chi connectivity index (χ1n) is 8.09. The summed E-state index contributed by atoms with van der Waals surface area (Å²) in [6.45, 7) is 2.01. The molecule has 0 unspecified atom stereocenters. The van der Waals surface area contributed by atoms with E-state index in [9.17, 15) is 14.9 Å². The molecule has 1 amide bonds. The third-order valence-corrected chi connectivity index (χ3v) is 4.16. The van der Waals surface area contributed by atoms with E-state index < -0.39 is 10.8 Å². The number of amides is 1. The van der Waals surface area contributed by atoms with Crippen molar-refractivity contribution in [3.63, 3.8) is 0 Å². The third-order valence-electron chi connectivity index (χ3n) is 4.16. The Labute approximate surface area is 152 Å². The fourth-order valence-electron chi connectivity index (χ4n) is 2.77. The SMILES string of the molecule is O=C(c1ccc([N+](=O)[O-])o1)N1CCN(c2ccc(-n3cncn3)nn2)CC1. The molecule has 1 saturated heterocycles. The first-order valence-corrected chi connectivity index (χ1v) is 8.09. The second-order valence-electron chi connectivity index (χ2n) is 5.76. The van der Waals surface area contributed by atoms with Crippen LogP contribution < -0.4 is 4.90 Å². The van der Waals surface area contributed by atoms with Crippen molar-refractivity contribution in [3.05, 3.63) is 52.8 Å². The lowest BCUT2D eigenvalue weighted by molar-refractivity contribution is -0.402. The number of carbonyl (C=O) groups is 1. The van der Waals surface area contributed by atoms with Crippen molar-refractivity contribution in [1.82, 2.24) is 29.9 Å². The molecule has 0 atom stereocenters. The molecule has 12 heteroatoms. The molecule has 0 N–H and O–H groups in total. The van der Waals surface area contributed by atoms with Crippen molar-refractivity contribution in [3.8, 4) is 5.82 Å². The summed E-state index contributed by atoms with van der Waals surface area (Å²) in [5.41, 5.74) is 0. The number of hydrogen-bond acceptors (Lipinski definition) is 9. The third kappa shape index (κ3) is 3.31. The maximum absolute atomic E-state index is 12.4. The number of aromatic nitrogens is 5. The van der Waals surface area contributed by atoms with Crippen LogP contribution >= 0.6 is 0 Å². The van der Waals surface area contributed by atoms with Crippen LogP contribution in [0.2, 0.25) is 0 Å². The number of nitro groups is 1. The molecule has 12 nitrogen and oxygen atoms in total. The smallest absolute Gasteiger partial charge is 0.395 e. The molecule has 1 aliphatic rings. The average Bonchev–Trinajstić information content (AvgIpc) is 3.40. The molecule has 1 aliphatic heterocycles. The molecule has 0 aliphatic carbocycles. The van der Waals surface area contributed by atoms with Crippen LogP contribution in [0.3, 0.4) is 0 Å². The van der Waals surface area contributed by atoms with Crippen molar-refractivity contribution in [1.29, 1.82) is 0 Å². The fourth-order valence-corrected chi connectivity index (χ4v) is 2.77. The highest BCUT2D eigenvalue weighted by Crippen LogP contribution is 2.19. The van der Waals surface area contributed by atoms with Crippen LogP contribution in [0, 0.1) is 10.1 Å². The Morgan fingerprint density at radius 3 is 2.41 bits per heavy atom. The van der Waals surface area contributed by atoms with Crippen LogP contribution in [0.5, 0.6) is 0 Å². The summed E-state index contributed by atoms with van der Waals surface area (Å²) in [6, 6.07) is 6.12. The summed E-state index contributed by atoms with van der Waals surface area (Å²) >= 11 is 0. The van der Waals surface area contributed by atoms with Gasteiger partial charge >= 0.3 is 5.88 Å². The summed E-state index contributed by atoms with van der Waals surface area (Å²) in [7, 11) is 0. The predicted molar refractivity (Wildman–Crippen MR) is 90.4 cm³/mol. The number of rotatable bonds is 4. The summed E-state index contributed by atoms with van der Waals surface area (Å²) in [5.74, 6) is 0.409. The monoisotopic (exact) mass is 370 g/mol. The lowest BCUT2D eigenvalue weighted by Gasteiger charge is -2.34. The Balaban J connectivity index is 1.38. The maximum atomic E-state index is 12.4. The molecule has 27 heavy (non-hydrogen) atoms. The summed E-state index contributed by atoms with van der Waals surface area (Å²) in [6.07, 6.45) is 2.95. The van der Waals surface area contributed by atoms with E-state index in [1.54, 1.807) is 11.0 Å². The van der Waals surface area contributed by atoms with Gasteiger partial charge in [-0.2, -0.15) is 5.10 Å². The van der Waals surface area contributed by atoms with E-state index >= 15 is 0 Å². The van der Waals surface area contributed by atoms with Crippen LogP contribution in [0.15, 0.2) is 41.3 Å². The molecule has 4 rings (SSSR count). The van der Waals surface area contributed by atoms with E-state index in [4.69, 9.17) is 4.42 Å². The van der Waals surface area contributed by atoms with Gasteiger partial charge in [-0.25, -0.2) is 9.67 Å². The summed E-state index contributed by atoms with van der Waals surface area (Å²) in [5, 5.41) is 23.0. The lowest BCUT2D eigenvalue weighted by Crippen LogP contribution is -2.49. The van der Waals surface area contributed by atoms with Crippen molar-refractivity contribution >= 4 is 17.6 Å². The zero-order valence-electron chi connectivity index (χ0n) is 14.0. The predicted octanol–water partition coefficient (Wildman–Crippen LogP) is 0.521. The second kappa shape index (κ2) is 6.82. The van der Waals surface area contributed by atoms with Crippen LogP contribution in [0.1, 0.15) is 10.6 Å². The summed E-state index contributed by atoms with van der Waals surface area (Å²) < 4.78 is 6.49. The quantitative estimate of drug-likeness (QED) is 0.475. The Bertz CT molecular complexity index is 945. The van der Waals surface area contributed by atoms with Gasteiger partial charge in [0.25, 0.3) is 5.91 Å². The van der Waals surface area contributed by atoms with Gasteiger partial charge < -0.3 is 14.2 Å². The molecule has 0 bridgehead atoms. The molecular formula is C15H14N8O4. The zero-order valence-corrected chi connectivity index (χ0v) is 14.0. The minimum atomic E-state index is -0.670. The van der Waals surface area contributed by atoms with E-state index in [0.717, 1.165) is 0 Å². The highest BCUT2D eigenvalue weighted by Gasteiger charge is 2.26. The van der Waals surface area contributed by atoms with Crippen molar-refractivity contribution in [2.24, 2.45) is 0 Å². The molecule has 0 saturated carbocycles. The Morgan fingerprint density at radius 1 is 1.07 bits per heavy atom. The van der Waals surface area contributed by atoms with E-state index in [2.05, 4.69) is 20.3 Å². The topological polar surface area (TPSA) is 136 Å². The number of hydrogen-bond donors (Lipinski definition) is 0.